The molecule has 1 atom stereocenters. The highest BCUT2D eigenvalue weighted by atomic mass is 16.6. The molecule has 1 aliphatic rings. The number of carboxylic acids is 1. The number of carbonyl (C=O) groups is 2. The van der Waals surface area contributed by atoms with E-state index in [0.717, 1.165) is 27.2 Å². The second-order valence-electron chi connectivity index (χ2n) is 7.79. The van der Waals surface area contributed by atoms with Gasteiger partial charge in [0.2, 0.25) is 0 Å². The predicted octanol–water partition coefficient (Wildman–Crippen LogP) is 4.43. The van der Waals surface area contributed by atoms with E-state index in [4.69, 9.17) is 10.00 Å². The summed E-state index contributed by atoms with van der Waals surface area (Å²) in [5.74, 6) is -1.24. The standard InChI is InChI=1S/C26H22N2O4/c1-28(24(25(29)30)14-17-7-6-8-18(13-17)15-27)26(31)32-16-23-21-11-4-2-9-19(21)20-10-3-5-12-22(20)23/h2-13,23-24H,14,16H2,1H3,(H,29,30). The van der Waals surface area contributed by atoms with Crippen LogP contribution in [0.5, 0.6) is 0 Å². The largest absolute Gasteiger partial charge is 0.480 e. The normalized spacial score (nSPS) is 12.9. The molecule has 0 aromatic heterocycles. The lowest BCUT2D eigenvalue weighted by Gasteiger charge is -2.25. The topological polar surface area (TPSA) is 90.6 Å². The molecule has 160 valence electrons. The van der Waals surface area contributed by atoms with Crippen LogP contribution in [0.4, 0.5) is 4.79 Å². The summed E-state index contributed by atoms with van der Waals surface area (Å²) in [6.45, 7) is 0.119. The molecule has 4 rings (SSSR count). The Morgan fingerprint density at radius 2 is 1.66 bits per heavy atom. The lowest BCUT2D eigenvalue weighted by atomic mass is 9.98. The van der Waals surface area contributed by atoms with Crippen molar-refractivity contribution in [2.45, 2.75) is 18.4 Å². The molecule has 3 aromatic rings. The second kappa shape index (κ2) is 8.94. The number of hydrogen-bond acceptors (Lipinski definition) is 4. The zero-order chi connectivity index (χ0) is 22.7. The Balaban J connectivity index is 1.48. The fraction of sp³-hybridized carbons (Fsp3) is 0.192. The number of amides is 1. The van der Waals surface area contributed by atoms with Crippen LogP contribution >= 0.6 is 0 Å². The molecule has 0 radical (unpaired) electrons. The van der Waals surface area contributed by atoms with Crippen molar-refractivity contribution in [3.8, 4) is 17.2 Å². The van der Waals surface area contributed by atoms with Crippen LogP contribution in [-0.2, 0) is 16.0 Å². The molecule has 1 N–H and O–H groups in total. The van der Waals surface area contributed by atoms with Crippen molar-refractivity contribution in [2.75, 3.05) is 13.7 Å². The Morgan fingerprint density at radius 1 is 1.03 bits per heavy atom. The first kappa shape index (κ1) is 21.1. The van der Waals surface area contributed by atoms with E-state index in [-0.39, 0.29) is 18.9 Å². The first-order valence-electron chi connectivity index (χ1n) is 10.3. The molecule has 0 fully saturated rings. The molecular weight excluding hydrogens is 404 g/mol. The number of ether oxygens (including phenoxy) is 1. The smallest absolute Gasteiger partial charge is 0.410 e. The van der Waals surface area contributed by atoms with Crippen LogP contribution in [0, 0.1) is 11.3 Å². The monoisotopic (exact) mass is 426 g/mol. The number of nitrogens with zero attached hydrogens (tertiary/aromatic N) is 2. The van der Waals surface area contributed by atoms with Gasteiger partial charge in [-0.1, -0.05) is 60.7 Å². The molecule has 6 nitrogen and oxygen atoms in total. The van der Waals surface area contributed by atoms with Crippen LogP contribution < -0.4 is 0 Å². The van der Waals surface area contributed by atoms with Crippen LogP contribution in [0.3, 0.4) is 0 Å². The lowest BCUT2D eigenvalue weighted by Crippen LogP contribution is -2.44. The van der Waals surface area contributed by atoms with Crippen molar-refractivity contribution in [1.29, 1.82) is 5.26 Å². The van der Waals surface area contributed by atoms with Gasteiger partial charge in [-0.3, -0.25) is 4.90 Å². The third-order valence-corrected chi connectivity index (χ3v) is 5.86. The predicted molar refractivity (Wildman–Crippen MR) is 119 cm³/mol. The van der Waals surface area contributed by atoms with Crippen molar-refractivity contribution < 1.29 is 19.4 Å². The van der Waals surface area contributed by atoms with E-state index < -0.39 is 18.1 Å². The fourth-order valence-electron chi connectivity index (χ4n) is 4.20. The first-order chi connectivity index (χ1) is 15.5. The Morgan fingerprint density at radius 3 is 2.25 bits per heavy atom. The number of rotatable bonds is 6. The summed E-state index contributed by atoms with van der Waals surface area (Å²) in [6.07, 6.45) is -0.623. The minimum absolute atomic E-state index is 0.0749. The number of hydrogen-bond donors (Lipinski definition) is 1. The number of carbonyl (C=O) groups excluding carboxylic acids is 1. The minimum Gasteiger partial charge on any atom is -0.480 e. The molecule has 32 heavy (non-hydrogen) atoms. The maximum absolute atomic E-state index is 12.8. The molecule has 1 amide bonds. The van der Waals surface area contributed by atoms with Gasteiger partial charge in [-0.25, -0.2) is 9.59 Å². The molecule has 0 bridgehead atoms. The lowest BCUT2D eigenvalue weighted by molar-refractivity contribution is -0.142. The summed E-state index contributed by atoms with van der Waals surface area (Å²) < 4.78 is 5.59. The maximum Gasteiger partial charge on any atom is 0.410 e. The quantitative estimate of drug-likeness (QED) is 0.629. The third kappa shape index (κ3) is 4.06. The molecule has 0 aliphatic heterocycles. The van der Waals surface area contributed by atoms with Crippen LogP contribution in [0.1, 0.15) is 28.2 Å². The summed E-state index contributed by atoms with van der Waals surface area (Å²) >= 11 is 0. The maximum atomic E-state index is 12.8. The van der Waals surface area contributed by atoms with Crippen LogP contribution in [0.15, 0.2) is 72.8 Å². The van der Waals surface area contributed by atoms with Crippen molar-refractivity contribution in [3.05, 3.63) is 95.1 Å². The summed E-state index contributed by atoms with van der Waals surface area (Å²) in [5.41, 5.74) is 5.53. The molecule has 0 saturated heterocycles. The van der Waals surface area contributed by atoms with Crippen LogP contribution in [0.25, 0.3) is 11.1 Å². The zero-order valence-electron chi connectivity index (χ0n) is 17.6. The number of aliphatic carboxylic acids is 1. The van der Waals surface area contributed by atoms with Gasteiger partial charge in [0.15, 0.2) is 0 Å². The third-order valence-electron chi connectivity index (χ3n) is 5.86. The average Bonchev–Trinajstić information content (AvgIpc) is 3.14. The van der Waals surface area contributed by atoms with Crippen molar-refractivity contribution >= 4 is 12.1 Å². The van der Waals surface area contributed by atoms with Crippen molar-refractivity contribution in [1.82, 2.24) is 4.90 Å². The van der Waals surface area contributed by atoms with Crippen molar-refractivity contribution in [2.24, 2.45) is 0 Å². The Hall–Kier alpha value is -4.11. The fourth-order valence-corrected chi connectivity index (χ4v) is 4.20. The molecule has 6 heteroatoms. The first-order valence-corrected chi connectivity index (χ1v) is 10.3. The van der Waals surface area contributed by atoms with Gasteiger partial charge in [0.1, 0.15) is 12.6 Å². The Labute approximate surface area is 186 Å². The average molecular weight is 426 g/mol. The van der Waals surface area contributed by atoms with E-state index >= 15 is 0 Å². The SMILES string of the molecule is CN(C(=O)OCC1c2ccccc2-c2ccccc21)C(Cc1cccc(C#N)c1)C(=O)O. The van der Waals surface area contributed by atoms with Crippen molar-refractivity contribution in [3.63, 3.8) is 0 Å². The van der Waals surface area contributed by atoms with Gasteiger partial charge in [-0.15, -0.1) is 0 Å². The number of likely N-dealkylation sites (N-methyl/N-ethyl adjacent to an activating group) is 1. The molecule has 0 saturated carbocycles. The van der Waals surface area contributed by atoms with Crippen LogP contribution in [-0.4, -0.2) is 41.8 Å². The van der Waals surface area contributed by atoms with E-state index in [9.17, 15) is 14.7 Å². The number of benzene rings is 3. The van der Waals surface area contributed by atoms with E-state index in [0.29, 0.717) is 11.1 Å². The van der Waals surface area contributed by atoms with E-state index in [1.807, 2.05) is 42.5 Å². The van der Waals surface area contributed by atoms with Gasteiger partial charge in [0.05, 0.1) is 11.6 Å². The van der Waals surface area contributed by atoms with E-state index in [1.54, 1.807) is 24.3 Å². The molecule has 1 unspecified atom stereocenters. The molecular formula is C26H22N2O4. The Kier molecular flexibility index (Phi) is 5.91. The van der Waals surface area contributed by atoms with Gasteiger partial charge < -0.3 is 9.84 Å². The summed E-state index contributed by atoms with van der Waals surface area (Å²) in [5, 5.41) is 18.8. The van der Waals surface area contributed by atoms with E-state index in [2.05, 4.69) is 12.1 Å². The summed E-state index contributed by atoms with van der Waals surface area (Å²) in [4.78, 5) is 25.8. The molecule has 0 spiro atoms. The summed E-state index contributed by atoms with van der Waals surface area (Å²) in [6, 6.07) is 23.7. The van der Waals surface area contributed by atoms with Gasteiger partial charge >= 0.3 is 12.1 Å². The zero-order valence-corrected chi connectivity index (χ0v) is 17.6. The Bertz CT molecular complexity index is 1170. The molecule has 0 heterocycles. The highest BCUT2D eigenvalue weighted by Gasteiger charge is 2.32. The second-order valence-corrected chi connectivity index (χ2v) is 7.79. The van der Waals surface area contributed by atoms with Gasteiger partial charge in [0.25, 0.3) is 0 Å². The van der Waals surface area contributed by atoms with Gasteiger partial charge in [-0.2, -0.15) is 5.26 Å². The number of carboxylic acid groups (broad SMARTS) is 1. The van der Waals surface area contributed by atoms with Crippen LogP contribution in [0.2, 0.25) is 0 Å². The minimum atomic E-state index is -1.14. The highest BCUT2D eigenvalue weighted by molar-refractivity contribution is 5.81. The highest BCUT2D eigenvalue weighted by Crippen LogP contribution is 2.44. The summed E-state index contributed by atoms with van der Waals surface area (Å²) in [7, 11) is 1.42. The van der Waals surface area contributed by atoms with Gasteiger partial charge in [-0.05, 0) is 39.9 Å². The molecule has 3 aromatic carbocycles. The number of nitriles is 1. The van der Waals surface area contributed by atoms with E-state index in [1.165, 1.54) is 7.05 Å². The molecule has 1 aliphatic carbocycles. The number of fused-ring (bicyclic) bond motifs is 3. The van der Waals surface area contributed by atoms with Gasteiger partial charge in [0, 0.05) is 19.4 Å².